The molecule has 0 saturated carbocycles. The Labute approximate surface area is 171 Å². The van der Waals surface area contributed by atoms with Gasteiger partial charge in [0, 0.05) is 0 Å². The summed E-state index contributed by atoms with van der Waals surface area (Å²) in [5.41, 5.74) is 0.957. The van der Waals surface area contributed by atoms with Gasteiger partial charge in [-0.25, -0.2) is 8.42 Å². The number of sulfonamides is 1. The molecule has 8 heteroatoms. The van der Waals surface area contributed by atoms with Crippen molar-refractivity contribution in [1.29, 1.82) is 0 Å². The normalized spacial score (nSPS) is 17.0. The van der Waals surface area contributed by atoms with Gasteiger partial charge in [-0.3, -0.25) is 4.79 Å². The first-order valence-electron chi connectivity index (χ1n) is 9.51. The number of nitrogens with one attached hydrogen (secondary N) is 2. The molecule has 3 rings (SSSR count). The minimum Gasteiger partial charge on any atom is -0.486 e. The molecular formula is C21H26N2O5S. The van der Waals surface area contributed by atoms with E-state index in [2.05, 4.69) is 10.0 Å². The molecule has 2 atom stereocenters. The lowest BCUT2D eigenvalue weighted by atomic mass is 10.1. The highest BCUT2D eigenvalue weighted by molar-refractivity contribution is 7.89. The molecule has 156 valence electrons. The van der Waals surface area contributed by atoms with Crippen LogP contribution in [-0.4, -0.2) is 39.6 Å². The Morgan fingerprint density at radius 2 is 1.76 bits per heavy atom. The van der Waals surface area contributed by atoms with Gasteiger partial charge in [0.25, 0.3) is 0 Å². The van der Waals surface area contributed by atoms with Gasteiger partial charge in [0.15, 0.2) is 11.5 Å². The van der Waals surface area contributed by atoms with E-state index in [0.717, 1.165) is 5.56 Å². The van der Waals surface area contributed by atoms with E-state index in [1.165, 1.54) is 12.1 Å². The summed E-state index contributed by atoms with van der Waals surface area (Å²) in [6.07, 6.45) is -0.352. The Kier molecular flexibility index (Phi) is 6.44. The van der Waals surface area contributed by atoms with Crippen LogP contribution >= 0.6 is 0 Å². The SMILES string of the molecule is Cc1ccc(S(=O)(=O)N[C@H](C(=O)NC[C@@H]2COc3ccccc3O2)C(C)C)cc1. The number of carbonyl (C=O) groups is 1. The molecule has 1 heterocycles. The van der Waals surface area contributed by atoms with Crippen molar-refractivity contribution in [3.8, 4) is 11.5 Å². The fourth-order valence-corrected chi connectivity index (χ4v) is 4.28. The molecule has 0 aliphatic carbocycles. The van der Waals surface area contributed by atoms with Gasteiger partial charge >= 0.3 is 0 Å². The molecule has 0 unspecified atom stereocenters. The topological polar surface area (TPSA) is 93.7 Å². The van der Waals surface area contributed by atoms with Crippen LogP contribution in [0.4, 0.5) is 0 Å². The van der Waals surface area contributed by atoms with Crippen LogP contribution in [0.15, 0.2) is 53.4 Å². The molecule has 0 saturated heterocycles. The lowest BCUT2D eigenvalue weighted by Gasteiger charge is -2.28. The number of rotatable bonds is 7. The summed E-state index contributed by atoms with van der Waals surface area (Å²) < 4.78 is 39.3. The number of benzene rings is 2. The summed E-state index contributed by atoms with van der Waals surface area (Å²) in [5, 5.41) is 2.78. The predicted molar refractivity (Wildman–Crippen MR) is 109 cm³/mol. The number of ether oxygens (including phenoxy) is 2. The monoisotopic (exact) mass is 418 g/mol. The summed E-state index contributed by atoms with van der Waals surface area (Å²) in [5.74, 6) is 0.650. The summed E-state index contributed by atoms with van der Waals surface area (Å²) >= 11 is 0. The fourth-order valence-electron chi connectivity index (χ4n) is 2.93. The maximum Gasteiger partial charge on any atom is 0.241 e. The quantitative estimate of drug-likeness (QED) is 0.719. The van der Waals surface area contributed by atoms with Crippen molar-refractivity contribution in [3.05, 3.63) is 54.1 Å². The molecule has 1 aliphatic rings. The molecule has 2 aromatic rings. The zero-order chi connectivity index (χ0) is 21.0. The van der Waals surface area contributed by atoms with Gasteiger partial charge in [0.05, 0.1) is 11.4 Å². The molecular weight excluding hydrogens is 392 g/mol. The van der Waals surface area contributed by atoms with Crippen molar-refractivity contribution in [3.63, 3.8) is 0 Å². The van der Waals surface area contributed by atoms with Crippen LogP contribution in [0, 0.1) is 12.8 Å². The Bertz CT molecular complexity index is 957. The molecule has 2 N–H and O–H groups in total. The number of fused-ring (bicyclic) bond motifs is 1. The van der Waals surface area contributed by atoms with E-state index in [1.54, 1.807) is 32.0 Å². The number of hydrogen-bond acceptors (Lipinski definition) is 5. The minimum atomic E-state index is -3.82. The predicted octanol–water partition coefficient (Wildman–Crippen LogP) is 2.25. The van der Waals surface area contributed by atoms with Crippen LogP contribution in [0.3, 0.4) is 0 Å². The van der Waals surface area contributed by atoms with Gasteiger partial charge in [-0.05, 0) is 37.1 Å². The molecule has 0 fully saturated rings. The van der Waals surface area contributed by atoms with E-state index in [1.807, 2.05) is 25.1 Å². The van der Waals surface area contributed by atoms with Crippen LogP contribution < -0.4 is 19.5 Å². The van der Waals surface area contributed by atoms with Crippen molar-refractivity contribution in [1.82, 2.24) is 10.0 Å². The Morgan fingerprint density at radius 1 is 1.10 bits per heavy atom. The smallest absolute Gasteiger partial charge is 0.241 e. The van der Waals surface area contributed by atoms with E-state index in [0.29, 0.717) is 18.1 Å². The van der Waals surface area contributed by atoms with Gasteiger partial charge in [-0.2, -0.15) is 4.72 Å². The fraction of sp³-hybridized carbons (Fsp3) is 0.381. The van der Waals surface area contributed by atoms with Crippen LogP contribution in [0.5, 0.6) is 11.5 Å². The number of amides is 1. The van der Waals surface area contributed by atoms with Crippen molar-refractivity contribution >= 4 is 15.9 Å². The van der Waals surface area contributed by atoms with E-state index >= 15 is 0 Å². The van der Waals surface area contributed by atoms with Gasteiger partial charge in [0.2, 0.25) is 15.9 Å². The number of para-hydroxylation sites is 2. The third kappa shape index (κ3) is 5.27. The standard InChI is InChI=1S/C21H26N2O5S/c1-14(2)20(23-29(25,26)17-10-8-15(3)9-11-17)21(24)22-12-16-13-27-18-6-4-5-7-19(18)28-16/h4-11,14,16,20,23H,12-13H2,1-3H3,(H,22,24)/t16-,20+/m1/s1. The van der Waals surface area contributed by atoms with Crippen molar-refractivity contribution in [2.45, 2.75) is 37.8 Å². The average Bonchev–Trinajstić information content (AvgIpc) is 2.70. The van der Waals surface area contributed by atoms with Gasteiger partial charge in [-0.15, -0.1) is 0 Å². The van der Waals surface area contributed by atoms with E-state index in [4.69, 9.17) is 9.47 Å². The first kappa shape index (κ1) is 21.1. The molecule has 0 radical (unpaired) electrons. The first-order valence-corrected chi connectivity index (χ1v) is 11.0. The lowest BCUT2D eigenvalue weighted by molar-refractivity contribution is -0.124. The Balaban J connectivity index is 1.62. The molecule has 29 heavy (non-hydrogen) atoms. The lowest BCUT2D eigenvalue weighted by Crippen LogP contribution is -2.52. The number of carbonyl (C=O) groups excluding carboxylic acids is 1. The van der Waals surface area contributed by atoms with Gasteiger partial charge in [0.1, 0.15) is 18.8 Å². The maximum absolute atomic E-state index is 12.7. The van der Waals surface area contributed by atoms with E-state index in [-0.39, 0.29) is 23.5 Å². The highest BCUT2D eigenvalue weighted by Gasteiger charge is 2.29. The van der Waals surface area contributed by atoms with Crippen LogP contribution in [0.25, 0.3) is 0 Å². The number of aryl methyl sites for hydroxylation is 1. The maximum atomic E-state index is 12.7. The second-order valence-corrected chi connectivity index (χ2v) is 9.11. The largest absolute Gasteiger partial charge is 0.486 e. The van der Waals surface area contributed by atoms with Crippen LogP contribution in [0.1, 0.15) is 19.4 Å². The second kappa shape index (κ2) is 8.84. The van der Waals surface area contributed by atoms with Crippen LogP contribution in [-0.2, 0) is 14.8 Å². The molecule has 7 nitrogen and oxygen atoms in total. The van der Waals surface area contributed by atoms with Crippen LogP contribution in [0.2, 0.25) is 0 Å². The molecule has 0 aromatic heterocycles. The molecule has 1 amide bonds. The molecule has 0 bridgehead atoms. The van der Waals surface area contributed by atoms with Crippen molar-refractivity contribution < 1.29 is 22.7 Å². The summed E-state index contributed by atoms with van der Waals surface area (Å²) in [4.78, 5) is 12.8. The summed E-state index contributed by atoms with van der Waals surface area (Å²) in [7, 11) is -3.82. The third-order valence-corrected chi connectivity index (χ3v) is 6.09. The highest BCUT2D eigenvalue weighted by atomic mass is 32.2. The van der Waals surface area contributed by atoms with Crippen molar-refractivity contribution in [2.24, 2.45) is 5.92 Å². The summed E-state index contributed by atoms with van der Waals surface area (Å²) in [6.45, 7) is 5.97. The first-order chi connectivity index (χ1) is 13.8. The second-order valence-electron chi connectivity index (χ2n) is 7.40. The Hall–Kier alpha value is -2.58. The number of hydrogen-bond donors (Lipinski definition) is 2. The summed E-state index contributed by atoms with van der Waals surface area (Å²) in [6, 6.07) is 12.9. The Morgan fingerprint density at radius 3 is 2.41 bits per heavy atom. The van der Waals surface area contributed by atoms with Gasteiger partial charge in [-0.1, -0.05) is 43.7 Å². The third-order valence-electron chi connectivity index (χ3n) is 4.63. The minimum absolute atomic E-state index is 0.127. The highest BCUT2D eigenvalue weighted by Crippen LogP contribution is 2.30. The van der Waals surface area contributed by atoms with E-state index < -0.39 is 22.0 Å². The van der Waals surface area contributed by atoms with E-state index in [9.17, 15) is 13.2 Å². The molecule has 0 spiro atoms. The molecule has 1 aliphatic heterocycles. The van der Waals surface area contributed by atoms with Gasteiger partial charge < -0.3 is 14.8 Å². The molecule has 2 aromatic carbocycles. The average molecular weight is 419 g/mol. The van der Waals surface area contributed by atoms with Crippen molar-refractivity contribution in [2.75, 3.05) is 13.2 Å². The zero-order valence-electron chi connectivity index (χ0n) is 16.7. The zero-order valence-corrected chi connectivity index (χ0v) is 17.5.